The summed E-state index contributed by atoms with van der Waals surface area (Å²) >= 11 is 0. The molecule has 0 unspecified atom stereocenters. The molecule has 0 aromatic heterocycles. The fourth-order valence-corrected chi connectivity index (χ4v) is 3.54. The lowest BCUT2D eigenvalue weighted by atomic mass is 10.1. The lowest BCUT2D eigenvalue weighted by molar-refractivity contribution is -0.134. The van der Waals surface area contributed by atoms with Crippen molar-refractivity contribution in [3.8, 4) is 11.5 Å². The van der Waals surface area contributed by atoms with E-state index >= 15 is 0 Å². The molecule has 190 valence electrons. The molecule has 35 heavy (non-hydrogen) atoms. The van der Waals surface area contributed by atoms with E-state index in [9.17, 15) is 9.59 Å². The molecular formula is C29H40N2O4. The average molecular weight is 481 g/mol. The highest BCUT2D eigenvalue weighted by Gasteiger charge is 2.07. The van der Waals surface area contributed by atoms with Gasteiger partial charge in [0.15, 0.2) is 5.75 Å². The van der Waals surface area contributed by atoms with Gasteiger partial charge in [-0.25, -0.2) is 0 Å². The lowest BCUT2D eigenvalue weighted by Crippen LogP contribution is -2.12. The Morgan fingerprint density at radius 1 is 0.686 bits per heavy atom. The molecule has 6 nitrogen and oxygen atoms in total. The largest absolute Gasteiger partial charge is 0.494 e. The second kappa shape index (κ2) is 17.4. The van der Waals surface area contributed by atoms with Gasteiger partial charge in [-0.05, 0) is 61.4 Å². The first-order valence-corrected chi connectivity index (χ1v) is 13.1. The van der Waals surface area contributed by atoms with E-state index < -0.39 is 0 Å². The summed E-state index contributed by atoms with van der Waals surface area (Å²) in [5, 5.41) is 8.43. The van der Waals surface area contributed by atoms with Crippen molar-refractivity contribution in [1.82, 2.24) is 0 Å². The van der Waals surface area contributed by atoms with Gasteiger partial charge < -0.3 is 9.47 Å². The zero-order valence-electron chi connectivity index (χ0n) is 21.3. The van der Waals surface area contributed by atoms with E-state index in [1.807, 2.05) is 24.3 Å². The minimum atomic E-state index is -0.383. The highest BCUT2D eigenvalue weighted by molar-refractivity contribution is 5.72. The number of unbranched alkanes of at least 4 members (excludes halogenated alkanes) is 9. The van der Waals surface area contributed by atoms with Gasteiger partial charge in [-0.1, -0.05) is 71.6 Å². The molecule has 2 aromatic rings. The maximum atomic E-state index is 12.2. The summed E-state index contributed by atoms with van der Waals surface area (Å²) in [6, 6.07) is 13.4. The maximum Gasteiger partial charge on any atom is 0.311 e. The molecule has 6 heteroatoms. The summed E-state index contributed by atoms with van der Waals surface area (Å²) in [4.78, 5) is 24.3. The summed E-state index contributed by atoms with van der Waals surface area (Å²) in [5.41, 5.74) is 0.811. The molecule has 0 aliphatic rings. The van der Waals surface area contributed by atoms with Crippen molar-refractivity contribution < 1.29 is 14.3 Å². The number of hydrogen-bond donors (Lipinski definition) is 0. The third-order valence-electron chi connectivity index (χ3n) is 5.65. The van der Waals surface area contributed by atoms with E-state index in [4.69, 9.17) is 9.47 Å². The van der Waals surface area contributed by atoms with Gasteiger partial charge in [0, 0.05) is 6.42 Å². The summed E-state index contributed by atoms with van der Waals surface area (Å²) < 4.78 is 11.1. The quantitative estimate of drug-likeness (QED) is 0.129. The van der Waals surface area contributed by atoms with Gasteiger partial charge in [0.1, 0.15) is 5.75 Å². The highest BCUT2D eigenvalue weighted by Crippen LogP contribution is 2.22. The Morgan fingerprint density at radius 2 is 1.23 bits per heavy atom. The fourth-order valence-electron chi connectivity index (χ4n) is 3.54. The van der Waals surface area contributed by atoms with Gasteiger partial charge in [0.25, 0.3) is 0 Å². The maximum absolute atomic E-state index is 12.2. The molecule has 0 spiro atoms. The van der Waals surface area contributed by atoms with Crippen LogP contribution in [0, 0.1) is 0 Å². The molecule has 2 aromatic carbocycles. The number of carbonyl (C=O) groups is 1. The standard InChI is InChI=1S/C29H40N2O4/c1-3-5-7-9-11-13-23-34-26-19-15-24(16-20-26)30-31-25-17-21-27(32)28(22-18-25)35-29(33)14-12-10-8-6-4-2/h15-22H,3-14,23H2,1-2H3. The molecule has 0 fully saturated rings. The molecule has 0 aliphatic heterocycles. The third-order valence-corrected chi connectivity index (χ3v) is 5.65. The Hall–Kier alpha value is -3.02. The molecule has 0 amide bonds. The second-order valence-corrected chi connectivity index (χ2v) is 8.77. The number of hydrogen-bond acceptors (Lipinski definition) is 6. The second-order valence-electron chi connectivity index (χ2n) is 8.77. The smallest absolute Gasteiger partial charge is 0.311 e. The van der Waals surface area contributed by atoms with E-state index in [0.29, 0.717) is 17.8 Å². The fraction of sp³-hybridized carbons (Fsp3) is 0.517. The molecule has 0 saturated heterocycles. The van der Waals surface area contributed by atoms with Crippen LogP contribution < -0.4 is 14.9 Å². The zero-order chi connectivity index (χ0) is 25.1. The summed E-state index contributed by atoms with van der Waals surface area (Å²) in [7, 11) is 0. The van der Waals surface area contributed by atoms with Crippen molar-refractivity contribution in [3.05, 3.63) is 58.8 Å². The van der Waals surface area contributed by atoms with Crippen molar-refractivity contribution in [2.75, 3.05) is 6.61 Å². The van der Waals surface area contributed by atoms with Crippen LogP contribution in [0.25, 0.3) is 0 Å². The van der Waals surface area contributed by atoms with E-state index in [-0.39, 0.29) is 17.1 Å². The van der Waals surface area contributed by atoms with Crippen LogP contribution in [0.3, 0.4) is 0 Å². The molecule has 0 bridgehead atoms. The number of carbonyl (C=O) groups excluding carboxylic acids is 1. The number of esters is 1. The highest BCUT2D eigenvalue weighted by atomic mass is 16.5. The number of ether oxygens (including phenoxy) is 2. The van der Waals surface area contributed by atoms with E-state index in [1.54, 1.807) is 12.1 Å². The van der Waals surface area contributed by atoms with Gasteiger partial charge in [-0.2, -0.15) is 10.2 Å². The van der Waals surface area contributed by atoms with Crippen LogP contribution in [0.2, 0.25) is 0 Å². The topological polar surface area (TPSA) is 77.3 Å². The molecular weight excluding hydrogens is 440 g/mol. The Morgan fingerprint density at radius 3 is 1.89 bits per heavy atom. The van der Waals surface area contributed by atoms with Crippen molar-refractivity contribution in [2.45, 2.75) is 90.9 Å². The molecule has 0 radical (unpaired) electrons. The van der Waals surface area contributed by atoms with Crippen LogP contribution in [0.15, 0.2) is 63.6 Å². The van der Waals surface area contributed by atoms with Crippen LogP contribution in [0.5, 0.6) is 11.5 Å². The van der Waals surface area contributed by atoms with Crippen molar-refractivity contribution in [1.29, 1.82) is 0 Å². The first-order valence-electron chi connectivity index (χ1n) is 13.1. The van der Waals surface area contributed by atoms with Crippen LogP contribution in [-0.4, -0.2) is 12.6 Å². The average Bonchev–Trinajstić information content (AvgIpc) is 3.04. The van der Waals surface area contributed by atoms with Crippen LogP contribution in [0.1, 0.15) is 90.9 Å². The Labute approximate surface area is 209 Å². The predicted octanol–water partition coefficient (Wildman–Crippen LogP) is 8.47. The van der Waals surface area contributed by atoms with Gasteiger partial charge in [0.05, 0.1) is 18.0 Å². The summed E-state index contributed by atoms with van der Waals surface area (Å²) in [6.07, 6.45) is 12.9. The minimum Gasteiger partial charge on any atom is -0.494 e. The van der Waals surface area contributed by atoms with Crippen LogP contribution >= 0.6 is 0 Å². The first kappa shape index (κ1) is 28.2. The molecule has 2 rings (SSSR count). The third kappa shape index (κ3) is 12.3. The normalized spacial score (nSPS) is 11.0. The van der Waals surface area contributed by atoms with Crippen molar-refractivity contribution in [3.63, 3.8) is 0 Å². The number of azo groups is 1. The van der Waals surface area contributed by atoms with Crippen molar-refractivity contribution >= 4 is 17.3 Å². The predicted molar refractivity (Wildman–Crippen MR) is 141 cm³/mol. The SMILES string of the molecule is CCCCCCCCOc1ccc(N=Nc2ccc(OC(=O)CCCCCCC)c(=O)cc2)cc1. The summed E-state index contributed by atoms with van der Waals surface area (Å²) in [5.74, 6) is 0.445. The lowest BCUT2D eigenvalue weighted by Gasteiger charge is -2.06. The van der Waals surface area contributed by atoms with Crippen molar-refractivity contribution in [2.24, 2.45) is 10.2 Å². The first-order chi connectivity index (χ1) is 17.1. The van der Waals surface area contributed by atoms with Crippen LogP contribution in [-0.2, 0) is 4.79 Å². The van der Waals surface area contributed by atoms with Gasteiger partial charge in [-0.3, -0.25) is 9.59 Å². The number of nitrogens with zero attached hydrogens (tertiary/aromatic N) is 2. The monoisotopic (exact) mass is 480 g/mol. The molecule has 0 saturated carbocycles. The van der Waals surface area contributed by atoms with E-state index in [0.717, 1.165) is 44.5 Å². The number of benzene rings is 1. The molecule has 0 aliphatic carbocycles. The summed E-state index contributed by atoms with van der Waals surface area (Å²) in [6.45, 7) is 5.09. The molecule has 0 atom stereocenters. The van der Waals surface area contributed by atoms with Crippen LogP contribution in [0.4, 0.5) is 11.4 Å². The molecule has 0 heterocycles. The van der Waals surface area contributed by atoms with E-state index in [2.05, 4.69) is 24.1 Å². The van der Waals surface area contributed by atoms with E-state index in [1.165, 1.54) is 50.7 Å². The van der Waals surface area contributed by atoms with Gasteiger partial charge in [0.2, 0.25) is 5.43 Å². The Kier molecular flexibility index (Phi) is 14.0. The van der Waals surface area contributed by atoms with Gasteiger partial charge >= 0.3 is 5.97 Å². The Balaban J connectivity index is 1.81. The zero-order valence-corrected chi connectivity index (χ0v) is 21.3. The molecule has 0 N–H and O–H groups in total. The van der Waals surface area contributed by atoms with Gasteiger partial charge in [-0.15, -0.1) is 0 Å². The Bertz CT molecular complexity index is 957. The minimum absolute atomic E-state index is 0.0110. The number of rotatable bonds is 17.